The molecule has 0 saturated carbocycles. The first kappa shape index (κ1) is 8.40. The Morgan fingerprint density at radius 2 is 2.12 bits per heavy atom. The molecule has 1 nitrogen and oxygen atoms in total. The standard InChI is InChI=1S/C5H4IN.Cu/c6-5-3-1-2-4-7-5;/h1-4H;. The van der Waals surface area contributed by atoms with Crippen molar-refractivity contribution in [3.05, 3.63) is 28.1 Å². The van der Waals surface area contributed by atoms with Crippen LogP contribution in [0.1, 0.15) is 0 Å². The Labute approximate surface area is 72.5 Å². The number of aromatic nitrogens is 1. The molecule has 0 amide bonds. The van der Waals surface area contributed by atoms with Crippen molar-refractivity contribution < 1.29 is 17.1 Å². The van der Waals surface area contributed by atoms with E-state index < -0.39 is 0 Å². The molecule has 8 heavy (non-hydrogen) atoms. The SMILES string of the molecule is Ic1ccccn1.[Cu]. The molecule has 0 spiro atoms. The Balaban J connectivity index is 0.000000490. The van der Waals surface area contributed by atoms with E-state index in [1.54, 1.807) is 6.20 Å². The van der Waals surface area contributed by atoms with Gasteiger partial charge >= 0.3 is 0 Å². The van der Waals surface area contributed by atoms with Gasteiger partial charge in [-0.15, -0.1) is 0 Å². The van der Waals surface area contributed by atoms with Crippen LogP contribution in [0.5, 0.6) is 0 Å². The summed E-state index contributed by atoms with van der Waals surface area (Å²) in [5.74, 6) is 0. The fourth-order valence-electron chi connectivity index (χ4n) is 0.342. The Morgan fingerprint density at radius 1 is 1.38 bits per heavy atom. The van der Waals surface area contributed by atoms with E-state index in [1.807, 2.05) is 18.2 Å². The van der Waals surface area contributed by atoms with Gasteiger partial charge in [0.25, 0.3) is 0 Å². The molecule has 0 saturated heterocycles. The van der Waals surface area contributed by atoms with Crippen molar-refractivity contribution in [3.63, 3.8) is 0 Å². The average molecular weight is 269 g/mol. The quantitative estimate of drug-likeness (QED) is 0.396. The smallest absolute Gasteiger partial charge is 0.101 e. The Bertz CT molecular complexity index is 142. The molecule has 0 aliphatic rings. The van der Waals surface area contributed by atoms with Crippen LogP contribution in [-0.4, -0.2) is 4.98 Å². The van der Waals surface area contributed by atoms with Crippen LogP contribution in [0.4, 0.5) is 0 Å². The van der Waals surface area contributed by atoms with E-state index in [4.69, 9.17) is 0 Å². The summed E-state index contributed by atoms with van der Waals surface area (Å²) in [5, 5.41) is 0. The third-order valence-electron chi connectivity index (χ3n) is 0.629. The minimum Gasteiger partial charge on any atom is -0.250 e. The van der Waals surface area contributed by atoms with Gasteiger partial charge in [0.2, 0.25) is 0 Å². The molecule has 1 aromatic rings. The largest absolute Gasteiger partial charge is 0.250 e. The zero-order valence-electron chi connectivity index (χ0n) is 3.94. The van der Waals surface area contributed by atoms with Gasteiger partial charge in [-0.1, -0.05) is 6.07 Å². The molecule has 0 aliphatic heterocycles. The Hall–Kier alpha value is 0.399. The number of nitrogens with zero attached hydrogens (tertiary/aromatic N) is 1. The maximum Gasteiger partial charge on any atom is 0.101 e. The van der Waals surface area contributed by atoms with E-state index in [9.17, 15) is 0 Å². The van der Waals surface area contributed by atoms with Gasteiger partial charge in [0.1, 0.15) is 3.70 Å². The van der Waals surface area contributed by atoms with Crippen LogP contribution in [0, 0.1) is 3.70 Å². The fraction of sp³-hybridized carbons (Fsp3) is 0. The maximum absolute atomic E-state index is 3.97. The molecule has 1 rings (SSSR count). The molecule has 3 heteroatoms. The minimum atomic E-state index is 0. The normalized spacial score (nSPS) is 7.62. The summed E-state index contributed by atoms with van der Waals surface area (Å²) in [6.07, 6.45) is 1.78. The molecule has 0 aromatic carbocycles. The molecule has 1 aromatic heterocycles. The van der Waals surface area contributed by atoms with E-state index >= 15 is 0 Å². The predicted octanol–water partition coefficient (Wildman–Crippen LogP) is 1.68. The van der Waals surface area contributed by atoms with Crippen LogP contribution < -0.4 is 0 Å². The first-order valence-corrected chi connectivity index (χ1v) is 3.04. The second kappa shape index (κ2) is 4.30. The van der Waals surface area contributed by atoms with Gasteiger partial charge in [-0.25, -0.2) is 0 Å². The van der Waals surface area contributed by atoms with Gasteiger partial charge in [-0.05, 0) is 34.7 Å². The third-order valence-corrected chi connectivity index (χ3v) is 1.27. The van der Waals surface area contributed by atoms with Gasteiger partial charge in [0, 0.05) is 23.3 Å². The minimum absolute atomic E-state index is 0. The molecule has 0 unspecified atom stereocenters. The van der Waals surface area contributed by atoms with Crippen molar-refractivity contribution in [2.75, 3.05) is 0 Å². The van der Waals surface area contributed by atoms with Crippen LogP contribution in [0.3, 0.4) is 0 Å². The molecule has 0 N–H and O–H groups in total. The summed E-state index contributed by atoms with van der Waals surface area (Å²) in [6, 6.07) is 5.83. The number of hydrogen-bond donors (Lipinski definition) is 0. The van der Waals surface area contributed by atoms with Gasteiger partial charge < -0.3 is 0 Å². The number of halogens is 1. The summed E-state index contributed by atoms with van der Waals surface area (Å²) in [6.45, 7) is 0. The predicted molar refractivity (Wildman–Crippen MR) is 37.0 cm³/mol. The molecular weight excluding hydrogens is 265 g/mol. The zero-order valence-corrected chi connectivity index (χ0v) is 7.04. The van der Waals surface area contributed by atoms with Crippen LogP contribution in [0.15, 0.2) is 24.4 Å². The van der Waals surface area contributed by atoms with Crippen molar-refractivity contribution in [3.8, 4) is 0 Å². The topological polar surface area (TPSA) is 12.9 Å². The fourth-order valence-corrected chi connectivity index (χ4v) is 0.710. The molecule has 47 valence electrons. The van der Waals surface area contributed by atoms with Gasteiger partial charge in [0.15, 0.2) is 0 Å². The zero-order chi connectivity index (χ0) is 5.11. The van der Waals surface area contributed by atoms with E-state index in [1.165, 1.54) is 0 Å². The van der Waals surface area contributed by atoms with Gasteiger partial charge in [0.05, 0.1) is 0 Å². The van der Waals surface area contributed by atoms with E-state index in [0.717, 1.165) is 3.70 Å². The molecule has 0 fully saturated rings. The second-order valence-electron chi connectivity index (χ2n) is 1.15. The van der Waals surface area contributed by atoms with Crippen molar-refractivity contribution in [1.29, 1.82) is 0 Å². The first-order chi connectivity index (χ1) is 3.39. The number of hydrogen-bond acceptors (Lipinski definition) is 1. The second-order valence-corrected chi connectivity index (χ2v) is 2.26. The summed E-state index contributed by atoms with van der Waals surface area (Å²) < 4.78 is 1.04. The van der Waals surface area contributed by atoms with Crippen LogP contribution in [-0.2, 0) is 17.1 Å². The van der Waals surface area contributed by atoms with Crippen molar-refractivity contribution in [2.24, 2.45) is 0 Å². The van der Waals surface area contributed by atoms with Gasteiger partial charge in [-0.2, -0.15) is 0 Å². The summed E-state index contributed by atoms with van der Waals surface area (Å²) in [7, 11) is 0. The molecule has 0 atom stereocenters. The summed E-state index contributed by atoms with van der Waals surface area (Å²) in [5.41, 5.74) is 0. The van der Waals surface area contributed by atoms with Crippen LogP contribution in [0.25, 0.3) is 0 Å². The molecule has 1 radical (unpaired) electrons. The van der Waals surface area contributed by atoms with E-state index in [0.29, 0.717) is 0 Å². The molecule has 1 heterocycles. The van der Waals surface area contributed by atoms with Crippen LogP contribution in [0.2, 0.25) is 0 Å². The molecular formula is C5H4CuIN. The average Bonchev–Trinajstić information content (AvgIpc) is 1.69. The van der Waals surface area contributed by atoms with Crippen LogP contribution >= 0.6 is 22.6 Å². The third kappa shape index (κ3) is 2.64. The summed E-state index contributed by atoms with van der Waals surface area (Å²) >= 11 is 2.17. The first-order valence-electron chi connectivity index (χ1n) is 1.96. The van der Waals surface area contributed by atoms with Crippen molar-refractivity contribution in [1.82, 2.24) is 4.98 Å². The van der Waals surface area contributed by atoms with Crippen molar-refractivity contribution in [2.45, 2.75) is 0 Å². The van der Waals surface area contributed by atoms with Crippen molar-refractivity contribution >= 4 is 22.6 Å². The van der Waals surface area contributed by atoms with E-state index in [2.05, 4.69) is 27.6 Å². The maximum atomic E-state index is 3.97. The Morgan fingerprint density at radius 3 is 2.38 bits per heavy atom. The number of pyridine rings is 1. The van der Waals surface area contributed by atoms with Gasteiger partial charge in [-0.3, -0.25) is 4.98 Å². The number of rotatable bonds is 0. The summed E-state index contributed by atoms with van der Waals surface area (Å²) in [4.78, 5) is 3.97. The monoisotopic (exact) mass is 268 g/mol. The Kier molecular flexibility index (Phi) is 4.51. The molecule has 0 aliphatic carbocycles. The van der Waals surface area contributed by atoms with E-state index in [-0.39, 0.29) is 17.1 Å². The molecule has 0 bridgehead atoms.